The van der Waals surface area contributed by atoms with Crippen molar-refractivity contribution >= 4 is 34.8 Å². The number of carbonyl (C=O) groups is 1. The second-order valence-corrected chi connectivity index (χ2v) is 7.92. The normalized spacial score (nSPS) is 16.4. The number of anilines is 1. The number of carbonyl (C=O) groups excluding carboxylic acids is 1. The van der Waals surface area contributed by atoms with Crippen molar-refractivity contribution in [2.24, 2.45) is 0 Å². The Kier molecular flexibility index (Phi) is 8.15. The Morgan fingerprint density at radius 2 is 1.52 bits per heavy atom. The zero-order valence-electron chi connectivity index (χ0n) is 16.1. The average molecular weight is 438 g/mol. The highest BCUT2D eigenvalue weighted by Gasteiger charge is 2.21. The highest BCUT2D eigenvalue weighted by molar-refractivity contribution is 6.30. The lowest BCUT2D eigenvalue weighted by Crippen LogP contribution is -2.50. The molecule has 0 saturated carbocycles. The SMILES string of the molecule is O=C(CN1CCN(CC(O)COc2ccc(Cl)cc2)CC1)Nc1ccc(Cl)cc1. The molecule has 1 atom stereocenters. The van der Waals surface area contributed by atoms with E-state index in [0.717, 1.165) is 31.9 Å². The number of hydrogen-bond acceptors (Lipinski definition) is 5. The van der Waals surface area contributed by atoms with E-state index in [1.165, 1.54) is 0 Å². The maximum Gasteiger partial charge on any atom is 0.238 e. The number of amides is 1. The summed E-state index contributed by atoms with van der Waals surface area (Å²) in [6, 6.07) is 14.1. The molecule has 8 heteroatoms. The molecule has 156 valence electrons. The van der Waals surface area contributed by atoms with Crippen LogP contribution in [0, 0.1) is 0 Å². The first-order valence-corrected chi connectivity index (χ1v) is 10.3. The topological polar surface area (TPSA) is 65.0 Å². The number of nitrogens with zero attached hydrogens (tertiary/aromatic N) is 2. The summed E-state index contributed by atoms with van der Waals surface area (Å²) in [5.41, 5.74) is 0.738. The van der Waals surface area contributed by atoms with Crippen LogP contribution >= 0.6 is 23.2 Å². The van der Waals surface area contributed by atoms with Crippen molar-refractivity contribution in [3.63, 3.8) is 0 Å². The summed E-state index contributed by atoms with van der Waals surface area (Å²) < 4.78 is 5.60. The fourth-order valence-electron chi connectivity index (χ4n) is 3.14. The molecule has 3 rings (SSSR count). The van der Waals surface area contributed by atoms with E-state index in [-0.39, 0.29) is 12.5 Å². The Morgan fingerprint density at radius 3 is 2.14 bits per heavy atom. The lowest BCUT2D eigenvalue weighted by molar-refractivity contribution is -0.117. The second kappa shape index (κ2) is 10.8. The summed E-state index contributed by atoms with van der Waals surface area (Å²) in [7, 11) is 0. The predicted octanol–water partition coefficient (Wildman–Crippen LogP) is 2.99. The molecule has 0 aliphatic carbocycles. The van der Waals surface area contributed by atoms with Crippen molar-refractivity contribution in [3.8, 4) is 5.75 Å². The van der Waals surface area contributed by atoms with Crippen LogP contribution < -0.4 is 10.1 Å². The van der Waals surface area contributed by atoms with Crippen LogP contribution in [-0.2, 0) is 4.79 Å². The lowest BCUT2D eigenvalue weighted by Gasteiger charge is -2.35. The number of rotatable bonds is 8. The third-order valence-electron chi connectivity index (χ3n) is 4.69. The standard InChI is InChI=1S/C21H25Cl2N3O3/c22-16-1-5-18(6-2-16)24-21(28)14-26-11-9-25(10-12-26)13-19(27)15-29-20-7-3-17(23)4-8-20/h1-8,19,27H,9-15H2,(H,24,28). The Bertz CT molecular complexity index is 779. The van der Waals surface area contributed by atoms with Crippen molar-refractivity contribution in [1.82, 2.24) is 9.80 Å². The van der Waals surface area contributed by atoms with Crippen LogP contribution in [0.3, 0.4) is 0 Å². The first kappa shape index (κ1) is 21.9. The predicted molar refractivity (Wildman–Crippen MR) is 116 cm³/mol. The van der Waals surface area contributed by atoms with Crippen molar-refractivity contribution in [3.05, 3.63) is 58.6 Å². The van der Waals surface area contributed by atoms with Gasteiger partial charge in [0.15, 0.2) is 0 Å². The van der Waals surface area contributed by atoms with Crippen molar-refractivity contribution in [2.45, 2.75) is 6.10 Å². The van der Waals surface area contributed by atoms with Gasteiger partial charge in [0.2, 0.25) is 5.91 Å². The smallest absolute Gasteiger partial charge is 0.238 e. The molecule has 1 aliphatic heterocycles. The summed E-state index contributed by atoms with van der Waals surface area (Å²) in [5.74, 6) is 0.641. The lowest BCUT2D eigenvalue weighted by atomic mass is 10.2. The van der Waals surface area contributed by atoms with Gasteiger partial charge in [-0.05, 0) is 48.5 Å². The van der Waals surface area contributed by atoms with E-state index < -0.39 is 6.10 Å². The minimum atomic E-state index is -0.578. The fraction of sp³-hybridized carbons (Fsp3) is 0.381. The number of nitrogens with one attached hydrogen (secondary N) is 1. The molecule has 1 heterocycles. The van der Waals surface area contributed by atoms with Crippen LogP contribution in [0.5, 0.6) is 5.75 Å². The van der Waals surface area contributed by atoms with E-state index in [2.05, 4.69) is 15.1 Å². The first-order chi connectivity index (χ1) is 14.0. The number of aliphatic hydroxyl groups is 1. The molecular formula is C21H25Cl2N3O3. The van der Waals surface area contributed by atoms with Crippen LogP contribution in [0.4, 0.5) is 5.69 Å². The van der Waals surface area contributed by atoms with Crippen LogP contribution in [0.2, 0.25) is 10.0 Å². The van der Waals surface area contributed by atoms with Crippen LogP contribution in [0.25, 0.3) is 0 Å². The van der Waals surface area contributed by atoms with Crippen LogP contribution in [0.1, 0.15) is 0 Å². The molecule has 0 spiro atoms. The number of benzene rings is 2. The molecular weight excluding hydrogens is 413 g/mol. The fourth-order valence-corrected chi connectivity index (χ4v) is 3.39. The van der Waals surface area contributed by atoms with Gasteiger partial charge in [-0.3, -0.25) is 14.6 Å². The molecule has 0 radical (unpaired) electrons. The van der Waals surface area contributed by atoms with Gasteiger partial charge in [-0.1, -0.05) is 23.2 Å². The zero-order valence-corrected chi connectivity index (χ0v) is 17.6. The molecule has 29 heavy (non-hydrogen) atoms. The zero-order chi connectivity index (χ0) is 20.6. The van der Waals surface area contributed by atoms with Gasteiger partial charge in [0.1, 0.15) is 18.5 Å². The third-order valence-corrected chi connectivity index (χ3v) is 5.19. The minimum Gasteiger partial charge on any atom is -0.491 e. The number of β-amino-alcohol motifs (C(OH)–C–C–N with tert-alkyl or cyclic N) is 1. The molecule has 0 bridgehead atoms. The third kappa shape index (κ3) is 7.49. The van der Waals surface area contributed by atoms with Gasteiger partial charge < -0.3 is 15.2 Å². The monoisotopic (exact) mass is 437 g/mol. The van der Waals surface area contributed by atoms with E-state index in [1.807, 2.05) is 0 Å². The quantitative estimate of drug-likeness (QED) is 0.664. The van der Waals surface area contributed by atoms with E-state index in [1.54, 1.807) is 48.5 Å². The maximum atomic E-state index is 12.2. The molecule has 1 unspecified atom stereocenters. The molecule has 0 aromatic heterocycles. The molecule has 1 amide bonds. The Morgan fingerprint density at radius 1 is 0.966 bits per heavy atom. The van der Waals surface area contributed by atoms with Gasteiger partial charge in [0, 0.05) is 48.5 Å². The van der Waals surface area contributed by atoms with E-state index in [0.29, 0.717) is 28.9 Å². The minimum absolute atomic E-state index is 0.0443. The summed E-state index contributed by atoms with van der Waals surface area (Å²) >= 11 is 11.7. The average Bonchev–Trinajstić information content (AvgIpc) is 2.71. The molecule has 2 N–H and O–H groups in total. The Labute approximate surface area is 181 Å². The molecule has 6 nitrogen and oxygen atoms in total. The molecule has 1 aliphatic rings. The van der Waals surface area contributed by atoms with Gasteiger partial charge in [0.05, 0.1) is 6.54 Å². The van der Waals surface area contributed by atoms with Crippen molar-refractivity contribution in [2.75, 3.05) is 51.2 Å². The highest BCUT2D eigenvalue weighted by Crippen LogP contribution is 2.16. The number of piperazine rings is 1. The van der Waals surface area contributed by atoms with E-state index in [4.69, 9.17) is 27.9 Å². The number of hydrogen-bond donors (Lipinski definition) is 2. The molecule has 1 fully saturated rings. The van der Waals surface area contributed by atoms with Crippen LogP contribution in [-0.4, -0.2) is 72.8 Å². The van der Waals surface area contributed by atoms with E-state index >= 15 is 0 Å². The number of halogens is 2. The van der Waals surface area contributed by atoms with Gasteiger partial charge in [0.25, 0.3) is 0 Å². The first-order valence-electron chi connectivity index (χ1n) is 9.54. The van der Waals surface area contributed by atoms with Crippen molar-refractivity contribution < 1.29 is 14.6 Å². The van der Waals surface area contributed by atoms with Gasteiger partial charge in [-0.25, -0.2) is 0 Å². The summed E-state index contributed by atoms with van der Waals surface area (Å²) in [4.78, 5) is 16.5. The molecule has 2 aromatic carbocycles. The summed E-state index contributed by atoms with van der Waals surface area (Å²) in [5, 5.41) is 14.4. The van der Waals surface area contributed by atoms with Crippen molar-refractivity contribution in [1.29, 1.82) is 0 Å². The Balaban J connectivity index is 1.33. The number of ether oxygens (including phenoxy) is 1. The summed E-state index contributed by atoms with van der Waals surface area (Å²) in [6.45, 7) is 4.26. The Hall–Kier alpha value is -1.83. The molecule has 2 aromatic rings. The largest absolute Gasteiger partial charge is 0.491 e. The number of aliphatic hydroxyl groups excluding tert-OH is 1. The molecule has 1 saturated heterocycles. The van der Waals surface area contributed by atoms with E-state index in [9.17, 15) is 9.90 Å². The van der Waals surface area contributed by atoms with Gasteiger partial charge >= 0.3 is 0 Å². The summed E-state index contributed by atoms with van der Waals surface area (Å²) in [6.07, 6.45) is -0.578. The highest BCUT2D eigenvalue weighted by atomic mass is 35.5. The second-order valence-electron chi connectivity index (χ2n) is 7.05. The van der Waals surface area contributed by atoms with Crippen LogP contribution in [0.15, 0.2) is 48.5 Å². The maximum absolute atomic E-state index is 12.2. The van der Waals surface area contributed by atoms with Gasteiger partial charge in [-0.15, -0.1) is 0 Å². The van der Waals surface area contributed by atoms with Gasteiger partial charge in [-0.2, -0.15) is 0 Å².